The second-order valence-electron chi connectivity index (χ2n) is 6.81. The van der Waals surface area contributed by atoms with Gasteiger partial charge in [0, 0.05) is 6.42 Å². The van der Waals surface area contributed by atoms with Crippen LogP contribution in [0.3, 0.4) is 0 Å². The molecule has 3 heteroatoms. The van der Waals surface area contributed by atoms with E-state index in [0.717, 1.165) is 24.2 Å². The number of ether oxygens (including phenoxy) is 1. The average Bonchev–Trinajstić information content (AvgIpc) is 2.67. The molecule has 0 unspecified atom stereocenters. The SMILES string of the molecule is CCCCCc1ccc(/C=C/COc2cccc(CCCC(=O)O)c2)cc1. The molecule has 0 amide bonds. The first-order chi connectivity index (χ1) is 13.2. The third-order valence-corrected chi connectivity index (χ3v) is 4.46. The summed E-state index contributed by atoms with van der Waals surface area (Å²) in [5.74, 6) is 0.0697. The highest BCUT2D eigenvalue weighted by atomic mass is 16.5. The summed E-state index contributed by atoms with van der Waals surface area (Å²) in [5, 5.41) is 8.71. The molecule has 0 aliphatic rings. The molecule has 0 saturated carbocycles. The molecule has 0 aliphatic heterocycles. The van der Waals surface area contributed by atoms with Gasteiger partial charge in [0.05, 0.1) is 0 Å². The number of aryl methyl sites for hydroxylation is 2. The second-order valence-corrected chi connectivity index (χ2v) is 6.81. The molecule has 2 rings (SSSR count). The van der Waals surface area contributed by atoms with Gasteiger partial charge in [-0.15, -0.1) is 0 Å². The molecule has 2 aromatic rings. The summed E-state index contributed by atoms with van der Waals surface area (Å²) in [7, 11) is 0. The van der Waals surface area contributed by atoms with Gasteiger partial charge in [-0.3, -0.25) is 4.79 Å². The molecule has 0 spiro atoms. The van der Waals surface area contributed by atoms with Crippen molar-refractivity contribution in [3.05, 3.63) is 71.3 Å². The van der Waals surface area contributed by atoms with Crippen molar-refractivity contribution in [3.8, 4) is 5.75 Å². The van der Waals surface area contributed by atoms with Crippen LogP contribution in [-0.2, 0) is 17.6 Å². The number of unbranched alkanes of at least 4 members (excludes halogenated alkanes) is 2. The normalized spacial score (nSPS) is 11.0. The Kier molecular flexibility index (Phi) is 9.19. The monoisotopic (exact) mass is 366 g/mol. The Morgan fingerprint density at radius 3 is 2.52 bits per heavy atom. The van der Waals surface area contributed by atoms with Gasteiger partial charge < -0.3 is 9.84 Å². The minimum Gasteiger partial charge on any atom is -0.490 e. The topological polar surface area (TPSA) is 46.5 Å². The summed E-state index contributed by atoms with van der Waals surface area (Å²) in [6.07, 6.45) is 10.7. The first-order valence-electron chi connectivity index (χ1n) is 9.86. The molecule has 3 nitrogen and oxygen atoms in total. The number of aliphatic carboxylic acids is 1. The van der Waals surface area contributed by atoms with Crippen LogP contribution in [0.4, 0.5) is 0 Å². The Balaban J connectivity index is 1.76. The van der Waals surface area contributed by atoms with E-state index in [9.17, 15) is 4.79 Å². The van der Waals surface area contributed by atoms with Crippen LogP contribution in [0, 0.1) is 0 Å². The van der Waals surface area contributed by atoms with Crippen LogP contribution in [0.25, 0.3) is 6.08 Å². The fraction of sp³-hybridized carbons (Fsp3) is 0.375. The Hall–Kier alpha value is -2.55. The summed E-state index contributed by atoms with van der Waals surface area (Å²) >= 11 is 0. The molecular formula is C24H30O3. The van der Waals surface area contributed by atoms with Crippen molar-refractivity contribution in [2.75, 3.05) is 6.61 Å². The van der Waals surface area contributed by atoms with Gasteiger partial charge in [0.1, 0.15) is 12.4 Å². The van der Waals surface area contributed by atoms with E-state index >= 15 is 0 Å². The van der Waals surface area contributed by atoms with Gasteiger partial charge in [-0.2, -0.15) is 0 Å². The lowest BCUT2D eigenvalue weighted by Gasteiger charge is -2.06. The van der Waals surface area contributed by atoms with Gasteiger partial charge >= 0.3 is 5.97 Å². The Morgan fingerprint density at radius 2 is 1.78 bits per heavy atom. The maximum atomic E-state index is 10.6. The predicted octanol–water partition coefficient (Wildman–Crippen LogP) is 5.92. The first-order valence-corrected chi connectivity index (χ1v) is 9.86. The molecule has 144 valence electrons. The predicted molar refractivity (Wildman–Crippen MR) is 111 cm³/mol. The van der Waals surface area contributed by atoms with E-state index in [0.29, 0.717) is 13.0 Å². The van der Waals surface area contributed by atoms with E-state index < -0.39 is 5.97 Å². The van der Waals surface area contributed by atoms with Crippen LogP contribution in [0.15, 0.2) is 54.6 Å². The highest BCUT2D eigenvalue weighted by molar-refractivity contribution is 5.66. The van der Waals surface area contributed by atoms with Crippen molar-refractivity contribution in [1.82, 2.24) is 0 Å². The molecule has 27 heavy (non-hydrogen) atoms. The molecule has 2 aromatic carbocycles. The van der Waals surface area contributed by atoms with E-state index in [1.165, 1.54) is 30.4 Å². The Bertz CT molecular complexity index is 717. The standard InChI is InChI=1S/C24H30O3/c1-2-3-4-8-20-14-16-21(17-15-20)11-7-18-27-23-12-5-9-22(19-23)10-6-13-24(25)26/h5,7,9,11-12,14-17,19H,2-4,6,8,10,13,18H2,1H3,(H,25,26)/b11-7+. The number of carboxylic acid groups (broad SMARTS) is 1. The number of hydrogen-bond donors (Lipinski definition) is 1. The van der Waals surface area contributed by atoms with Crippen LogP contribution in [-0.4, -0.2) is 17.7 Å². The number of benzene rings is 2. The lowest BCUT2D eigenvalue weighted by Crippen LogP contribution is -1.97. The Labute approximate surface area is 162 Å². The van der Waals surface area contributed by atoms with E-state index in [1.54, 1.807) is 0 Å². The molecule has 0 bridgehead atoms. The van der Waals surface area contributed by atoms with Crippen molar-refractivity contribution in [2.24, 2.45) is 0 Å². The third kappa shape index (κ3) is 8.59. The summed E-state index contributed by atoms with van der Waals surface area (Å²) in [5.41, 5.74) is 3.69. The van der Waals surface area contributed by atoms with Crippen molar-refractivity contribution in [3.63, 3.8) is 0 Å². The van der Waals surface area contributed by atoms with Crippen LogP contribution in [0.2, 0.25) is 0 Å². The van der Waals surface area contributed by atoms with Gasteiger partial charge in [0.25, 0.3) is 0 Å². The highest BCUT2D eigenvalue weighted by Crippen LogP contribution is 2.16. The fourth-order valence-electron chi connectivity index (χ4n) is 2.94. The summed E-state index contributed by atoms with van der Waals surface area (Å²) < 4.78 is 5.78. The fourth-order valence-corrected chi connectivity index (χ4v) is 2.94. The van der Waals surface area contributed by atoms with E-state index in [1.807, 2.05) is 30.3 Å². The molecule has 0 heterocycles. The van der Waals surface area contributed by atoms with Crippen molar-refractivity contribution >= 4 is 12.0 Å². The van der Waals surface area contributed by atoms with Gasteiger partial charge in [-0.05, 0) is 60.6 Å². The minimum atomic E-state index is -0.749. The van der Waals surface area contributed by atoms with Crippen molar-refractivity contribution < 1.29 is 14.6 Å². The molecule has 0 saturated heterocycles. The van der Waals surface area contributed by atoms with Gasteiger partial charge in [0.2, 0.25) is 0 Å². The number of hydrogen-bond acceptors (Lipinski definition) is 2. The summed E-state index contributed by atoms with van der Waals surface area (Å²) in [4.78, 5) is 10.6. The third-order valence-electron chi connectivity index (χ3n) is 4.46. The molecule has 1 N–H and O–H groups in total. The maximum absolute atomic E-state index is 10.6. The zero-order valence-electron chi connectivity index (χ0n) is 16.2. The van der Waals surface area contributed by atoms with Gasteiger partial charge in [-0.25, -0.2) is 0 Å². The molecular weight excluding hydrogens is 336 g/mol. The summed E-state index contributed by atoms with van der Waals surface area (Å²) in [6.45, 7) is 2.74. The van der Waals surface area contributed by atoms with Crippen LogP contribution in [0.1, 0.15) is 55.7 Å². The average molecular weight is 367 g/mol. The van der Waals surface area contributed by atoms with Gasteiger partial charge in [-0.1, -0.05) is 62.2 Å². The van der Waals surface area contributed by atoms with E-state index in [2.05, 4.69) is 37.3 Å². The van der Waals surface area contributed by atoms with Gasteiger partial charge in [0.15, 0.2) is 0 Å². The van der Waals surface area contributed by atoms with E-state index in [4.69, 9.17) is 9.84 Å². The molecule has 0 aromatic heterocycles. The number of carboxylic acids is 1. The minimum absolute atomic E-state index is 0.200. The smallest absolute Gasteiger partial charge is 0.303 e. The van der Waals surface area contributed by atoms with Crippen molar-refractivity contribution in [1.29, 1.82) is 0 Å². The lowest BCUT2D eigenvalue weighted by atomic mass is 10.1. The lowest BCUT2D eigenvalue weighted by molar-refractivity contribution is -0.137. The second kappa shape index (κ2) is 11.9. The van der Waals surface area contributed by atoms with Crippen LogP contribution < -0.4 is 4.74 Å². The number of carbonyl (C=O) groups is 1. The maximum Gasteiger partial charge on any atom is 0.303 e. The quantitative estimate of drug-likeness (QED) is 0.474. The zero-order chi connectivity index (χ0) is 19.3. The molecule has 0 fully saturated rings. The van der Waals surface area contributed by atoms with Crippen LogP contribution in [0.5, 0.6) is 5.75 Å². The largest absolute Gasteiger partial charge is 0.490 e. The molecule has 0 atom stereocenters. The highest BCUT2D eigenvalue weighted by Gasteiger charge is 2.00. The Morgan fingerprint density at radius 1 is 1.00 bits per heavy atom. The molecule has 0 radical (unpaired) electrons. The van der Waals surface area contributed by atoms with Crippen LogP contribution >= 0.6 is 0 Å². The van der Waals surface area contributed by atoms with Crippen molar-refractivity contribution in [2.45, 2.75) is 51.9 Å². The summed E-state index contributed by atoms with van der Waals surface area (Å²) in [6, 6.07) is 16.6. The van der Waals surface area contributed by atoms with E-state index in [-0.39, 0.29) is 6.42 Å². The molecule has 0 aliphatic carbocycles. The first kappa shape index (κ1) is 20.8. The zero-order valence-corrected chi connectivity index (χ0v) is 16.2. The number of rotatable bonds is 12.